The number of aliphatic hydroxyl groups is 2. The smallest absolute Gasteiger partial charge is 0.0717 e. The van der Waals surface area contributed by atoms with E-state index in [1.54, 1.807) is 12.4 Å². The minimum absolute atomic E-state index is 0.0105. The molecule has 0 aliphatic carbocycles. The molecule has 1 aliphatic heterocycles. The van der Waals surface area contributed by atoms with E-state index in [9.17, 15) is 10.2 Å². The standard InChI is InChI=1S/C12H18N2O2/c1-9-7-14(5-3-12(9)16)11-2-4-13-6-10(11)8-15/h2,4,6,9,12,15-16H,3,5,7-8H2,1H3. The lowest BCUT2D eigenvalue weighted by molar-refractivity contribution is 0.0970. The van der Waals surface area contributed by atoms with Gasteiger partial charge in [0.2, 0.25) is 0 Å². The quantitative estimate of drug-likeness (QED) is 0.776. The van der Waals surface area contributed by atoms with E-state index in [0.29, 0.717) is 0 Å². The zero-order chi connectivity index (χ0) is 11.5. The lowest BCUT2D eigenvalue weighted by atomic mass is 9.96. The molecule has 16 heavy (non-hydrogen) atoms. The number of rotatable bonds is 2. The number of hydrogen-bond acceptors (Lipinski definition) is 4. The lowest BCUT2D eigenvalue weighted by Crippen LogP contribution is -2.42. The Bertz CT molecular complexity index is 357. The van der Waals surface area contributed by atoms with Gasteiger partial charge in [-0.1, -0.05) is 6.92 Å². The maximum absolute atomic E-state index is 9.68. The Morgan fingerprint density at radius 1 is 1.56 bits per heavy atom. The van der Waals surface area contributed by atoms with E-state index in [1.807, 2.05) is 6.07 Å². The van der Waals surface area contributed by atoms with Gasteiger partial charge in [0.1, 0.15) is 0 Å². The van der Waals surface area contributed by atoms with Crippen LogP contribution in [0.25, 0.3) is 0 Å². The lowest BCUT2D eigenvalue weighted by Gasteiger charge is -2.36. The number of aliphatic hydroxyl groups excluding tert-OH is 2. The SMILES string of the molecule is CC1CN(c2ccncc2CO)CCC1O. The van der Waals surface area contributed by atoms with E-state index < -0.39 is 0 Å². The van der Waals surface area contributed by atoms with E-state index >= 15 is 0 Å². The molecule has 2 unspecified atom stereocenters. The van der Waals surface area contributed by atoms with Crippen molar-refractivity contribution in [2.45, 2.75) is 26.1 Å². The van der Waals surface area contributed by atoms with Gasteiger partial charge in [0.05, 0.1) is 12.7 Å². The molecule has 0 radical (unpaired) electrons. The van der Waals surface area contributed by atoms with Crippen LogP contribution in [0.4, 0.5) is 5.69 Å². The topological polar surface area (TPSA) is 56.6 Å². The van der Waals surface area contributed by atoms with Crippen molar-refractivity contribution in [1.29, 1.82) is 0 Å². The number of anilines is 1. The van der Waals surface area contributed by atoms with E-state index in [-0.39, 0.29) is 18.6 Å². The maximum atomic E-state index is 9.68. The molecule has 2 atom stereocenters. The van der Waals surface area contributed by atoms with Crippen LogP contribution in [0.3, 0.4) is 0 Å². The van der Waals surface area contributed by atoms with E-state index in [0.717, 1.165) is 30.8 Å². The van der Waals surface area contributed by atoms with Crippen LogP contribution in [0.15, 0.2) is 18.5 Å². The minimum atomic E-state index is -0.198. The predicted octanol–water partition coefficient (Wildman–Crippen LogP) is 0.781. The van der Waals surface area contributed by atoms with Crippen molar-refractivity contribution in [2.24, 2.45) is 5.92 Å². The summed E-state index contributed by atoms with van der Waals surface area (Å²) in [6.45, 7) is 3.73. The van der Waals surface area contributed by atoms with Crippen LogP contribution >= 0.6 is 0 Å². The second-order valence-electron chi connectivity index (χ2n) is 4.44. The fourth-order valence-electron chi connectivity index (χ4n) is 2.20. The average molecular weight is 222 g/mol. The first-order chi connectivity index (χ1) is 7.72. The number of piperidine rings is 1. The molecule has 1 saturated heterocycles. The van der Waals surface area contributed by atoms with Gasteiger partial charge in [0, 0.05) is 36.7 Å². The summed E-state index contributed by atoms with van der Waals surface area (Å²) in [6, 6.07) is 1.93. The van der Waals surface area contributed by atoms with Gasteiger partial charge in [-0.15, -0.1) is 0 Å². The number of hydrogen-bond donors (Lipinski definition) is 2. The molecule has 0 bridgehead atoms. The van der Waals surface area contributed by atoms with Crippen LogP contribution in [0.1, 0.15) is 18.9 Å². The molecule has 0 amide bonds. The van der Waals surface area contributed by atoms with Gasteiger partial charge >= 0.3 is 0 Å². The Kier molecular flexibility index (Phi) is 3.41. The highest BCUT2D eigenvalue weighted by molar-refractivity contribution is 5.52. The van der Waals surface area contributed by atoms with Gasteiger partial charge < -0.3 is 15.1 Å². The first-order valence-corrected chi connectivity index (χ1v) is 5.69. The first kappa shape index (κ1) is 11.4. The molecule has 0 aromatic carbocycles. The summed E-state index contributed by atoms with van der Waals surface area (Å²) in [5.41, 5.74) is 1.89. The van der Waals surface area contributed by atoms with Crippen LogP contribution < -0.4 is 4.90 Å². The Labute approximate surface area is 95.5 Å². The molecule has 2 heterocycles. The first-order valence-electron chi connectivity index (χ1n) is 5.69. The molecule has 1 fully saturated rings. The molecular formula is C12H18N2O2. The summed E-state index contributed by atoms with van der Waals surface area (Å²) in [6.07, 6.45) is 4.03. The van der Waals surface area contributed by atoms with Crippen molar-refractivity contribution >= 4 is 5.69 Å². The molecule has 88 valence electrons. The van der Waals surface area contributed by atoms with E-state index in [4.69, 9.17) is 0 Å². The predicted molar refractivity (Wildman–Crippen MR) is 62.2 cm³/mol. The zero-order valence-corrected chi connectivity index (χ0v) is 9.50. The second kappa shape index (κ2) is 4.80. The van der Waals surface area contributed by atoms with Gasteiger partial charge in [-0.3, -0.25) is 4.98 Å². The molecule has 1 aromatic heterocycles. The summed E-state index contributed by atoms with van der Waals surface area (Å²) in [4.78, 5) is 6.22. The summed E-state index contributed by atoms with van der Waals surface area (Å²) in [5, 5.41) is 18.9. The number of pyridine rings is 1. The van der Waals surface area contributed by atoms with Crippen LogP contribution in [0.5, 0.6) is 0 Å². The molecule has 1 aromatic rings. The van der Waals surface area contributed by atoms with Crippen LogP contribution in [-0.4, -0.2) is 34.4 Å². The largest absolute Gasteiger partial charge is 0.393 e. The summed E-state index contributed by atoms with van der Waals surface area (Å²) >= 11 is 0. The van der Waals surface area contributed by atoms with Crippen LogP contribution in [0, 0.1) is 5.92 Å². The molecule has 4 heteroatoms. The van der Waals surface area contributed by atoms with Crippen LogP contribution in [0.2, 0.25) is 0 Å². The van der Waals surface area contributed by atoms with Gasteiger partial charge in [-0.2, -0.15) is 0 Å². The molecule has 2 rings (SSSR count). The zero-order valence-electron chi connectivity index (χ0n) is 9.50. The van der Waals surface area contributed by atoms with E-state index in [2.05, 4.69) is 16.8 Å². The van der Waals surface area contributed by atoms with Gasteiger partial charge in [-0.05, 0) is 18.4 Å². The highest BCUT2D eigenvalue weighted by Crippen LogP contribution is 2.25. The third-order valence-electron chi connectivity index (χ3n) is 3.25. The Morgan fingerprint density at radius 3 is 3.06 bits per heavy atom. The Morgan fingerprint density at radius 2 is 2.38 bits per heavy atom. The molecule has 2 N–H and O–H groups in total. The van der Waals surface area contributed by atoms with E-state index in [1.165, 1.54) is 0 Å². The van der Waals surface area contributed by atoms with Crippen molar-refractivity contribution in [1.82, 2.24) is 4.98 Å². The van der Waals surface area contributed by atoms with Crippen molar-refractivity contribution < 1.29 is 10.2 Å². The molecule has 0 saturated carbocycles. The minimum Gasteiger partial charge on any atom is -0.393 e. The van der Waals surface area contributed by atoms with Crippen molar-refractivity contribution in [3.8, 4) is 0 Å². The normalized spacial score (nSPS) is 25.8. The summed E-state index contributed by atoms with van der Waals surface area (Å²) in [5.74, 6) is 0.272. The van der Waals surface area contributed by atoms with Crippen molar-refractivity contribution in [3.63, 3.8) is 0 Å². The third kappa shape index (κ3) is 2.18. The maximum Gasteiger partial charge on any atom is 0.0717 e. The van der Waals surface area contributed by atoms with Crippen LogP contribution in [-0.2, 0) is 6.61 Å². The fourth-order valence-corrected chi connectivity index (χ4v) is 2.20. The molecule has 0 spiro atoms. The van der Waals surface area contributed by atoms with Crippen molar-refractivity contribution in [3.05, 3.63) is 24.0 Å². The highest BCUT2D eigenvalue weighted by atomic mass is 16.3. The third-order valence-corrected chi connectivity index (χ3v) is 3.25. The average Bonchev–Trinajstić information content (AvgIpc) is 2.32. The second-order valence-corrected chi connectivity index (χ2v) is 4.44. The monoisotopic (exact) mass is 222 g/mol. The van der Waals surface area contributed by atoms with Gasteiger partial charge in [-0.25, -0.2) is 0 Å². The summed E-state index contributed by atoms with van der Waals surface area (Å²) < 4.78 is 0. The molecule has 4 nitrogen and oxygen atoms in total. The van der Waals surface area contributed by atoms with Gasteiger partial charge in [0.15, 0.2) is 0 Å². The number of aromatic nitrogens is 1. The highest BCUT2D eigenvalue weighted by Gasteiger charge is 2.25. The molecule has 1 aliphatic rings. The van der Waals surface area contributed by atoms with Gasteiger partial charge in [0.25, 0.3) is 0 Å². The fraction of sp³-hybridized carbons (Fsp3) is 0.583. The molecular weight excluding hydrogens is 204 g/mol. The number of nitrogens with zero attached hydrogens (tertiary/aromatic N) is 2. The van der Waals surface area contributed by atoms with Crippen molar-refractivity contribution in [2.75, 3.05) is 18.0 Å². The Balaban J connectivity index is 2.18. The summed E-state index contributed by atoms with van der Waals surface area (Å²) in [7, 11) is 0. The Hall–Kier alpha value is -1.13.